The van der Waals surface area contributed by atoms with E-state index >= 15 is 0 Å². The summed E-state index contributed by atoms with van der Waals surface area (Å²) < 4.78 is 35.6. The van der Waals surface area contributed by atoms with Crippen LogP contribution in [0.15, 0.2) is 29.2 Å². The Kier molecular flexibility index (Phi) is 4.08. The summed E-state index contributed by atoms with van der Waals surface area (Å²) in [6, 6.07) is 6.82. The average Bonchev–Trinajstić information content (AvgIpc) is 2.98. The second-order valence-corrected chi connectivity index (χ2v) is 7.93. The third-order valence-electron chi connectivity index (χ3n) is 4.83. The molecule has 4 atom stereocenters. The van der Waals surface area contributed by atoms with Crippen LogP contribution < -0.4 is 0 Å². The second-order valence-electron chi connectivity index (χ2n) is 6.35. The SMILES string of the molecule is COC[C@@H]1C[C@@H]2C[C@H]1[C@@H](OS(=O)(=O)c1ccc(C)cc1)C2. The molecule has 2 bridgehead atoms. The lowest BCUT2D eigenvalue weighted by Gasteiger charge is -2.28. The maximum absolute atomic E-state index is 12.4. The molecule has 21 heavy (non-hydrogen) atoms. The van der Waals surface area contributed by atoms with Crippen LogP contribution in [0.1, 0.15) is 24.8 Å². The predicted molar refractivity (Wildman–Crippen MR) is 79.4 cm³/mol. The van der Waals surface area contributed by atoms with Crippen molar-refractivity contribution in [2.75, 3.05) is 13.7 Å². The minimum atomic E-state index is -3.66. The minimum Gasteiger partial charge on any atom is -0.384 e. The molecule has 2 aliphatic carbocycles. The smallest absolute Gasteiger partial charge is 0.297 e. The number of benzene rings is 1. The van der Waals surface area contributed by atoms with Crippen molar-refractivity contribution >= 4 is 10.1 Å². The number of hydrogen-bond donors (Lipinski definition) is 0. The highest BCUT2D eigenvalue weighted by molar-refractivity contribution is 7.86. The molecule has 0 spiro atoms. The van der Waals surface area contributed by atoms with E-state index in [0.29, 0.717) is 24.4 Å². The van der Waals surface area contributed by atoms with E-state index in [-0.39, 0.29) is 11.0 Å². The van der Waals surface area contributed by atoms with Crippen LogP contribution in [-0.2, 0) is 19.0 Å². The van der Waals surface area contributed by atoms with E-state index in [1.165, 1.54) is 0 Å². The number of fused-ring (bicyclic) bond motifs is 2. The quantitative estimate of drug-likeness (QED) is 0.785. The van der Waals surface area contributed by atoms with E-state index in [1.54, 1.807) is 31.4 Å². The van der Waals surface area contributed by atoms with Gasteiger partial charge in [0, 0.05) is 13.7 Å². The van der Waals surface area contributed by atoms with Crippen LogP contribution in [-0.4, -0.2) is 28.2 Å². The number of aryl methyl sites for hydroxylation is 1. The Morgan fingerprint density at radius 2 is 1.86 bits per heavy atom. The normalized spacial score (nSPS) is 31.7. The van der Waals surface area contributed by atoms with Gasteiger partial charge in [-0.3, -0.25) is 4.18 Å². The molecule has 0 N–H and O–H groups in total. The second kappa shape index (κ2) is 5.71. The third kappa shape index (κ3) is 3.00. The highest BCUT2D eigenvalue weighted by Gasteiger charge is 2.48. The fourth-order valence-electron chi connectivity index (χ4n) is 3.87. The van der Waals surface area contributed by atoms with Crippen molar-refractivity contribution < 1.29 is 17.3 Å². The van der Waals surface area contributed by atoms with Crippen molar-refractivity contribution in [3.63, 3.8) is 0 Å². The summed E-state index contributed by atoms with van der Waals surface area (Å²) in [5.74, 6) is 1.34. The van der Waals surface area contributed by atoms with Crippen LogP contribution in [0.25, 0.3) is 0 Å². The van der Waals surface area contributed by atoms with Gasteiger partial charge < -0.3 is 4.74 Å². The average molecular weight is 310 g/mol. The molecular formula is C16H22O4S. The lowest BCUT2D eigenvalue weighted by Crippen LogP contribution is -2.31. The molecule has 2 saturated carbocycles. The Morgan fingerprint density at radius 3 is 2.48 bits per heavy atom. The van der Waals surface area contributed by atoms with Gasteiger partial charge in [0.2, 0.25) is 0 Å². The first-order valence-electron chi connectivity index (χ1n) is 7.48. The molecule has 2 fully saturated rings. The highest BCUT2D eigenvalue weighted by atomic mass is 32.2. The summed E-state index contributed by atoms with van der Waals surface area (Å²) in [5.41, 5.74) is 1.04. The van der Waals surface area contributed by atoms with Crippen LogP contribution in [0.3, 0.4) is 0 Å². The summed E-state index contributed by atoms with van der Waals surface area (Å²) in [7, 11) is -1.96. The summed E-state index contributed by atoms with van der Waals surface area (Å²) >= 11 is 0. The summed E-state index contributed by atoms with van der Waals surface area (Å²) in [6.07, 6.45) is 2.89. The molecule has 1 aromatic carbocycles. The van der Waals surface area contributed by atoms with E-state index in [1.807, 2.05) is 6.92 Å². The molecule has 0 aromatic heterocycles. The van der Waals surface area contributed by atoms with Gasteiger partial charge in [-0.05, 0) is 56.1 Å². The van der Waals surface area contributed by atoms with Gasteiger partial charge in [0.15, 0.2) is 0 Å². The number of methoxy groups -OCH3 is 1. The first kappa shape index (κ1) is 15.0. The summed E-state index contributed by atoms with van der Waals surface area (Å²) in [6.45, 7) is 2.63. The van der Waals surface area contributed by atoms with Crippen molar-refractivity contribution in [1.82, 2.24) is 0 Å². The molecule has 5 heteroatoms. The van der Waals surface area contributed by atoms with Crippen LogP contribution in [0, 0.1) is 24.7 Å². The van der Waals surface area contributed by atoms with Gasteiger partial charge in [-0.2, -0.15) is 8.42 Å². The van der Waals surface area contributed by atoms with Crippen LogP contribution >= 0.6 is 0 Å². The van der Waals surface area contributed by atoms with E-state index in [0.717, 1.165) is 24.8 Å². The first-order chi connectivity index (χ1) is 9.99. The largest absolute Gasteiger partial charge is 0.384 e. The Morgan fingerprint density at radius 1 is 1.14 bits per heavy atom. The maximum atomic E-state index is 12.4. The topological polar surface area (TPSA) is 52.6 Å². The van der Waals surface area contributed by atoms with Crippen molar-refractivity contribution in [2.45, 2.75) is 37.2 Å². The van der Waals surface area contributed by atoms with Gasteiger partial charge in [0.05, 0.1) is 11.0 Å². The van der Waals surface area contributed by atoms with Gasteiger partial charge in [0.25, 0.3) is 10.1 Å². The molecule has 0 unspecified atom stereocenters. The lowest BCUT2D eigenvalue weighted by atomic mass is 9.87. The van der Waals surface area contributed by atoms with Crippen molar-refractivity contribution in [2.24, 2.45) is 17.8 Å². The van der Waals surface area contributed by atoms with Gasteiger partial charge in [-0.15, -0.1) is 0 Å². The Bertz CT molecular complexity index is 593. The monoisotopic (exact) mass is 310 g/mol. The first-order valence-corrected chi connectivity index (χ1v) is 8.89. The molecule has 1 aromatic rings. The minimum absolute atomic E-state index is 0.185. The van der Waals surface area contributed by atoms with Crippen LogP contribution in [0.2, 0.25) is 0 Å². The van der Waals surface area contributed by atoms with Gasteiger partial charge in [-0.25, -0.2) is 0 Å². The van der Waals surface area contributed by atoms with Crippen LogP contribution in [0.4, 0.5) is 0 Å². The molecule has 3 rings (SSSR count). The molecule has 0 heterocycles. The number of hydrogen-bond acceptors (Lipinski definition) is 4. The van der Waals surface area contributed by atoms with E-state index in [9.17, 15) is 8.42 Å². The van der Waals surface area contributed by atoms with Crippen LogP contribution in [0.5, 0.6) is 0 Å². The van der Waals surface area contributed by atoms with Gasteiger partial charge in [-0.1, -0.05) is 17.7 Å². The zero-order valence-electron chi connectivity index (χ0n) is 12.5. The maximum Gasteiger partial charge on any atom is 0.297 e. The highest BCUT2D eigenvalue weighted by Crippen LogP contribution is 2.50. The summed E-state index contributed by atoms with van der Waals surface area (Å²) in [4.78, 5) is 0.249. The predicted octanol–water partition coefficient (Wildman–Crippen LogP) is 2.76. The molecule has 0 saturated heterocycles. The molecule has 0 aliphatic heterocycles. The Hall–Kier alpha value is -0.910. The Balaban J connectivity index is 1.73. The molecule has 0 radical (unpaired) electrons. The van der Waals surface area contributed by atoms with Gasteiger partial charge >= 0.3 is 0 Å². The van der Waals surface area contributed by atoms with Crippen molar-refractivity contribution in [3.05, 3.63) is 29.8 Å². The van der Waals surface area contributed by atoms with Crippen molar-refractivity contribution in [3.8, 4) is 0 Å². The molecule has 2 aliphatic rings. The van der Waals surface area contributed by atoms with E-state index in [4.69, 9.17) is 8.92 Å². The van der Waals surface area contributed by atoms with E-state index in [2.05, 4.69) is 0 Å². The standard InChI is InChI=1S/C16H22O4S/c1-11-3-5-14(6-4-11)21(17,18)20-16-9-12-7-13(10-19-2)15(16)8-12/h3-6,12-13,15-16H,7-10H2,1-2H3/t12-,13+,15-,16+/m1/s1. The molecule has 116 valence electrons. The number of ether oxygens (including phenoxy) is 1. The van der Waals surface area contributed by atoms with E-state index < -0.39 is 10.1 Å². The zero-order chi connectivity index (χ0) is 15.0. The third-order valence-corrected chi connectivity index (χ3v) is 6.18. The van der Waals surface area contributed by atoms with Crippen molar-refractivity contribution in [1.29, 1.82) is 0 Å². The lowest BCUT2D eigenvalue weighted by molar-refractivity contribution is 0.0595. The van der Waals surface area contributed by atoms with Gasteiger partial charge in [0.1, 0.15) is 0 Å². The Labute approximate surface area is 126 Å². The molecule has 4 nitrogen and oxygen atoms in total. The fraction of sp³-hybridized carbons (Fsp3) is 0.625. The summed E-state index contributed by atoms with van der Waals surface area (Å²) in [5, 5.41) is 0. The molecular weight excluding hydrogens is 288 g/mol. The number of rotatable bonds is 5. The zero-order valence-corrected chi connectivity index (χ0v) is 13.3. The molecule has 0 amide bonds. The fourth-order valence-corrected chi connectivity index (χ4v) is 4.99.